The summed E-state index contributed by atoms with van der Waals surface area (Å²) in [5.74, 6) is -0.00917. The van der Waals surface area contributed by atoms with Gasteiger partial charge in [-0.15, -0.1) is 0 Å². The van der Waals surface area contributed by atoms with Crippen LogP contribution in [0.25, 0.3) is 0 Å². The van der Waals surface area contributed by atoms with Crippen LogP contribution in [0.4, 0.5) is 0 Å². The van der Waals surface area contributed by atoms with Crippen LogP contribution in [0.1, 0.15) is 29.2 Å². The van der Waals surface area contributed by atoms with E-state index in [2.05, 4.69) is 5.32 Å². The summed E-state index contributed by atoms with van der Waals surface area (Å²) in [6, 6.07) is 15.9. The first-order valence-electron chi connectivity index (χ1n) is 8.58. The van der Waals surface area contributed by atoms with Gasteiger partial charge in [0.25, 0.3) is 0 Å². The molecule has 2 amide bonds. The number of aryl methyl sites for hydroxylation is 2. The molecule has 0 bridgehead atoms. The molecule has 1 N–H and O–H groups in total. The molecule has 4 heteroatoms. The zero-order valence-corrected chi connectivity index (χ0v) is 15.2. The Morgan fingerprint density at radius 3 is 2.04 bits per heavy atom. The van der Waals surface area contributed by atoms with Crippen molar-refractivity contribution in [1.29, 1.82) is 0 Å². The average molecular weight is 338 g/mol. The SMILES string of the molecule is CC(=O)N(CCNC(=O)Cc1ccccc1C)Cc1ccccc1C. The van der Waals surface area contributed by atoms with E-state index in [0.717, 1.165) is 22.3 Å². The van der Waals surface area contributed by atoms with Gasteiger partial charge in [-0.25, -0.2) is 0 Å². The minimum Gasteiger partial charge on any atom is -0.354 e. The molecule has 25 heavy (non-hydrogen) atoms. The quantitative estimate of drug-likeness (QED) is 0.844. The highest BCUT2D eigenvalue weighted by atomic mass is 16.2. The highest BCUT2D eigenvalue weighted by molar-refractivity contribution is 5.79. The highest BCUT2D eigenvalue weighted by Gasteiger charge is 2.11. The monoisotopic (exact) mass is 338 g/mol. The summed E-state index contributed by atoms with van der Waals surface area (Å²) in [4.78, 5) is 25.8. The molecule has 132 valence electrons. The summed E-state index contributed by atoms with van der Waals surface area (Å²) in [6.45, 7) is 7.13. The van der Waals surface area contributed by atoms with Gasteiger partial charge in [-0.2, -0.15) is 0 Å². The maximum Gasteiger partial charge on any atom is 0.224 e. The molecule has 0 saturated carbocycles. The molecule has 4 nitrogen and oxygen atoms in total. The summed E-state index contributed by atoms with van der Waals surface area (Å²) in [7, 11) is 0. The molecule has 0 aliphatic heterocycles. The van der Waals surface area contributed by atoms with Crippen molar-refractivity contribution < 1.29 is 9.59 Å². The van der Waals surface area contributed by atoms with Crippen LogP contribution >= 0.6 is 0 Å². The predicted octanol–water partition coefficient (Wildman–Crippen LogP) is 3.01. The van der Waals surface area contributed by atoms with Gasteiger partial charge in [-0.3, -0.25) is 9.59 Å². The van der Waals surface area contributed by atoms with Gasteiger partial charge in [0.2, 0.25) is 11.8 Å². The molecule has 0 atom stereocenters. The first-order valence-corrected chi connectivity index (χ1v) is 8.58. The van der Waals surface area contributed by atoms with Crippen LogP contribution in [0.2, 0.25) is 0 Å². The van der Waals surface area contributed by atoms with Gasteiger partial charge in [0, 0.05) is 26.6 Å². The number of hydrogen-bond donors (Lipinski definition) is 1. The van der Waals surface area contributed by atoms with E-state index >= 15 is 0 Å². The van der Waals surface area contributed by atoms with Crippen LogP contribution in [0, 0.1) is 13.8 Å². The summed E-state index contributed by atoms with van der Waals surface area (Å²) in [5.41, 5.74) is 4.44. The number of benzene rings is 2. The lowest BCUT2D eigenvalue weighted by atomic mass is 10.1. The molecule has 2 rings (SSSR count). The largest absolute Gasteiger partial charge is 0.354 e. The van der Waals surface area contributed by atoms with Gasteiger partial charge in [-0.05, 0) is 36.1 Å². The molecule has 0 aliphatic rings. The summed E-state index contributed by atoms with van der Waals surface area (Å²) < 4.78 is 0. The lowest BCUT2D eigenvalue weighted by molar-refractivity contribution is -0.130. The van der Waals surface area contributed by atoms with Crippen molar-refractivity contribution in [2.24, 2.45) is 0 Å². The summed E-state index contributed by atoms with van der Waals surface area (Å²) in [5, 5.41) is 2.91. The van der Waals surface area contributed by atoms with E-state index in [4.69, 9.17) is 0 Å². The first-order chi connectivity index (χ1) is 12.0. The fourth-order valence-corrected chi connectivity index (χ4v) is 2.72. The van der Waals surface area contributed by atoms with Crippen molar-refractivity contribution >= 4 is 11.8 Å². The topological polar surface area (TPSA) is 49.4 Å². The van der Waals surface area contributed by atoms with Crippen molar-refractivity contribution in [2.75, 3.05) is 13.1 Å². The van der Waals surface area contributed by atoms with E-state index in [-0.39, 0.29) is 11.8 Å². The second-order valence-corrected chi connectivity index (χ2v) is 6.32. The third-order valence-electron chi connectivity index (χ3n) is 4.38. The molecule has 0 radical (unpaired) electrons. The van der Waals surface area contributed by atoms with Crippen LogP contribution in [-0.2, 0) is 22.6 Å². The summed E-state index contributed by atoms with van der Waals surface area (Å²) >= 11 is 0. The van der Waals surface area contributed by atoms with Gasteiger partial charge < -0.3 is 10.2 Å². The van der Waals surface area contributed by atoms with Crippen molar-refractivity contribution in [2.45, 2.75) is 33.7 Å². The van der Waals surface area contributed by atoms with E-state index in [9.17, 15) is 9.59 Å². The van der Waals surface area contributed by atoms with E-state index in [0.29, 0.717) is 26.1 Å². The Morgan fingerprint density at radius 2 is 1.48 bits per heavy atom. The zero-order chi connectivity index (χ0) is 18.2. The Hall–Kier alpha value is -2.62. The fraction of sp³-hybridized carbons (Fsp3) is 0.333. The highest BCUT2D eigenvalue weighted by Crippen LogP contribution is 2.10. The van der Waals surface area contributed by atoms with Gasteiger partial charge in [-0.1, -0.05) is 48.5 Å². The number of nitrogens with zero attached hydrogens (tertiary/aromatic N) is 1. The molecule has 0 heterocycles. The van der Waals surface area contributed by atoms with E-state index < -0.39 is 0 Å². The predicted molar refractivity (Wildman–Crippen MR) is 100 cm³/mol. The average Bonchev–Trinajstić information content (AvgIpc) is 2.57. The van der Waals surface area contributed by atoms with Crippen molar-refractivity contribution in [1.82, 2.24) is 10.2 Å². The molecular weight excluding hydrogens is 312 g/mol. The van der Waals surface area contributed by atoms with Gasteiger partial charge in [0.15, 0.2) is 0 Å². The number of carbonyl (C=O) groups excluding carboxylic acids is 2. The Balaban J connectivity index is 1.85. The number of rotatable bonds is 7. The molecule has 0 aromatic heterocycles. The molecule has 0 unspecified atom stereocenters. The Kier molecular flexibility index (Phi) is 6.75. The second kappa shape index (κ2) is 9.02. The fourth-order valence-electron chi connectivity index (χ4n) is 2.72. The standard InChI is InChI=1S/C21H26N2O2/c1-16-8-4-6-10-19(16)14-21(25)22-12-13-23(18(3)24)15-20-11-7-5-9-17(20)2/h4-11H,12-15H2,1-3H3,(H,22,25). The molecule has 0 aliphatic carbocycles. The number of hydrogen-bond acceptors (Lipinski definition) is 2. The van der Waals surface area contributed by atoms with Crippen LogP contribution in [-0.4, -0.2) is 29.8 Å². The maximum absolute atomic E-state index is 12.1. The maximum atomic E-state index is 12.1. The Morgan fingerprint density at radius 1 is 0.920 bits per heavy atom. The van der Waals surface area contributed by atoms with Gasteiger partial charge >= 0.3 is 0 Å². The lowest BCUT2D eigenvalue weighted by Crippen LogP contribution is -2.37. The van der Waals surface area contributed by atoms with Crippen LogP contribution in [0.5, 0.6) is 0 Å². The van der Waals surface area contributed by atoms with E-state index in [1.807, 2.05) is 62.4 Å². The van der Waals surface area contributed by atoms with E-state index in [1.54, 1.807) is 11.8 Å². The molecule has 0 spiro atoms. The van der Waals surface area contributed by atoms with Crippen LogP contribution < -0.4 is 5.32 Å². The third kappa shape index (κ3) is 5.75. The Bertz CT molecular complexity index is 740. The molecule has 2 aromatic rings. The van der Waals surface area contributed by atoms with Crippen molar-refractivity contribution in [3.8, 4) is 0 Å². The normalized spacial score (nSPS) is 10.4. The number of amides is 2. The minimum atomic E-state index is -0.0197. The molecule has 0 saturated heterocycles. The first kappa shape index (κ1) is 18.7. The second-order valence-electron chi connectivity index (χ2n) is 6.32. The lowest BCUT2D eigenvalue weighted by Gasteiger charge is -2.22. The van der Waals surface area contributed by atoms with Crippen molar-refractivity contribution in [3.05, 3.63) is 70.8 Å². The third-order valence-corrected chi connectivity index (χ3v) is 4.38. The van der Waals surface area contributed by atoms with Gasteiger partial charge in [0.1, 0.15) is 0 Å². The van der Waals surface area contributed by atoms with Crippen molar-refractivity contribution in [3.63, 3.8) is 0 Å². The van der Waals surface area contributed by atoms with E-state index in [1.165, 1.54) is 0 Å². The molecular formula is C21H26N2O2. The van der Waals surface area contributed by atoms with Gasteiger partial charge in [0.05, 0.1) is 6.42 Å². The zero-order valence-electron chi connectivity index (χ0n) is 15.2. The number of nitrogens with one attached hydrogen (secondary N) is 1. The van der Waals surface area contributed by atoms with Crippen LogP contribution in [0.3, 0.4) is 0 Å². The molecule has 2 aromatic carbocycles. The minimum absolute atomic E-state index is 0.0106. The Labute approximate surface area is 149 Å². The summed E-state index contributed by atoms with van der Waals surface area (Å²) in [6.07, 6.45) is 0.366. The number of carbonyl (C=O) groups is 2. The van der Waals surface area contributed by atoms with Crippen LogP contribution in [0.15, 0.2) is 48.5 Å². The molecule has 0 fully saturated rings. The smallest absolute Gasteiger partial charge is 0.224 e.